The van der Waals surface area contributed by atoms with Crippen LogP contribution in [0, 0.1) is 13.8 Å². The van der Waals surface area contributed by atoms with Crippen molar-refractivity contribution >= 4 is 57.5 Å². The number of imide groups is 2. The second-order valence-electron chi connectivity index (χ2n) is 18.3. The van der Waals surface area contributed by atoms with E-state index in [-0.39, 0.29) is 55.9 Å². The molecule has 1 unspecified atom stereocenters. The van der Waals surface area contributed by atoms with Gasteiger partial charge in [0.25, 0.3) is 23.6 Å². The molecule has 11 nitrogen and oxygen atoms in total. The van der Waals surface area contributed by atoms with Crippen molar-refractivity contribution in [1.82, 2.24) is 9.97 Å². The Morgan fingerprint density at radius 1 is 0.452 bits per heavy atom. The summed E-state index contributed by atoms with van der Waals surface area (Å²) < 4.78 is 64.1. The number of aryl methyl sites for hydroxylation is 2. The third-order valence-corrected chi connectivity index (χ3v) is 13.7. The number of hydrogen-bond acceptors (Lipinski definition) is 9. The number of carbonyl (C=O) groups is 4. The summed E-state index contributed by atoms with van der Waals surface area (Å²) in [5.41, 5.74) is 4.37. The molecule has 2 aliphatic heterocycles. The number of carbonyl (C=O) groups excluding carboxylic acids is 4. The minimum atomic E-state index is -4.81. The number of hydrogen-bond donors (Lipinski definition) is 0. The highest BCUT2D eigenvalue weighted by Crippen LogP contribution is 2.48. The van der Waals surface area contributed by atoms with Crippen LogP contribution in [0.25, 0.3) is 55.9 Å². The average molecular weight is 971 g/mol. The molecule has 0 aliphatic carbocycles. The zero-order chi connectivity index (χ0) is 50.5. The van der Waals surface area contributed by atoms with Crippen molar-refractivity contribution in [2.45, 2.75) is 32.4 Å². The van der Waals surface area contributed by atoms with Crippen LogP contribution in [-0.2, 0) is 5.41 Å². The maximum atomic E-state index is 15.4. The molecule has 356 valence electrons. The van der Waals surface area contributed by atoms with Gasteiger partial charge >= 0.3 is 12.2 Å². The Morgan fingerprint density at radius 2 is 0.890 bits per heavy atom. The Bertz CT molecular complexity index is 3940. The number of amides is 4. The van der Waals surface area contributed by atoms with E-state index in [0.717, 1.165) is 39.0 Å². The number of nitrogens with zero attached hydrogens (tertiary/aromatic N) is 4. The highest BCUT2D eigenvalue weighted by atomic mass is 19.4. The third kappa shape index (κ3) is 7.45. The molecule has 0 saturated heterocycles. The monoisotopic (exact) mass is 970 g/mol. The van der Waals surface area contributed by atoms with E-state index in [1.165, 1.54) is 48.5 Å². The molecule has 10 aromatic rings. The summed E-state index contributed by atoms with van der Waals surface area (Å²) in [6.45, 7) is 5.05. The number of aromatic nitrogens is 2. The highest BCUT2D eigenvalue weighted by Gasteiger charge is 2.54. The van der Waals surface area contributed by atoms with Crippen LogP contribution in [0.3, 0.4) is 0 Å². The lowest BCUT2D eigenvalue weighted by atomic mass is 9.75. The molecule has 0 N–H and O–H groups in total. The van der Waals surface area contributed by atoms with Crippen molar-refractivity contribution in [2.75, 3.05) is 9.80 Å². The second kappa shape index (κ2) is 16.6. The smallest absolute Gasteiger partial charge is 0.402 e. The van der Waals surface area contributed by atoms with Gasteiger partial charge in [-0.3, -0.25) is 19.2 Å². The van der Waals surface area contributed by atoms with Crippen LogP contribution >= 0.6 is 0 Å². The van der Waals surface area contributed by atoms with Crippen LogP contribution in [-0.4, -0.2) is 39.8 Å². The number of anilines is 2. The van der Waals surface area contributed by atoms with Crippen molar-refractivity contribution in [3.8, 4) is 45.2 Å². The quantitative estimate of drug-likeness (QED) is 0.129. The molecule has 0 bridgehead atoms. The lowest BCUT2D eigenvalue weighted by molar-refractivity contribution is -0.173. The van der Waals surface area contributed by atoms with Gasteiger partial charge in [0.15, 0.2) is 11.2 Å². The Hall–Kier alpha value is -9.43. The van der Waals surface area contributed by atoms with Gasteiger partial charge in [-0.1, -0.05) is 83.9 Å². The molecule has 2 aliphatic rings. The number of fused-ring (bicyclic) bond motifs is 4. The van der Waals surface area contributed by atoms with E-state index < -0.39 is 41.2 Å². The summed E-state index contributed by atoms with van der Waals surface area (Å²) in [6, 6.07) is 46.7. The van der Waals surface area contributed by atoms with E-state index in [1.54, 1.807) is 48.5 Å². The van der Waals surface area contributed by atoms with Gasteiger partial charge in [0.05, 0.1) is 27.9 Å². The van der Waals surface area contributed by atoms with Crippen LogP contribution in [0.4, 0.5) is 24.9 Å². The fourth-order valence-corrected chi connectivity index (χ4v) is 9.38. The summed E-state index contributed by atoms with van der Waals surface area (Å²) in [5, 5.41) is 0. The molecule has 1 atom stereocenters. The first-order valence-electron chi connectivity index (χ1n) is 23.1. The number of benzene rings is 8. The third-order valence-electron chi connectivity index (χ3n) is 13.7. The summed E-state index contributed by atoms with van der Waals surface area (Å²) >= 11 is 0. The molecule has 0 spiro atoms. The molecule has 4 amide bonds. The number of rotatable bonds is 9. The SMILES string of the molecule is Cc1ccc(Oc2ccc(N3C(=O)c4ccc(-c5ccc6c(c5)C(=O)N(c5nc7cc(C(C)(c8ccc9oc(-c%10ccc(-c%11ccc(C)cc%11)cc%10)nc9c8)C(F)(F)F)ccc7o5)C6=O)cc4C3=O)cc2)cc1. The average Bonchev–Trinajstić information content (AvgIpc) is 4.15. The van der Waals surface area contributed by atoms with Crippen molar-refractivity contribution < 1.29 is 45.9 Å². The first kappa shape index (κ1) is 44.8. The second-order valence-corrected chi connectivity index (χ2v) is 18.3. The zero-order valence-corrected chi connectivity index (χ0v) is 38.9. The van der Waals surface area contributed by atoms with Gasteiger partial charge in [0.2, 0.25) is 5.89 Å². The van der Waals surface area contributed by atoms with Crippen LogP contribution < -0.4 is 14.5 Å². The topological polar surface area (TPSA) is 136 Å². The minimum Gasteiger partial charge on any atom is -0.457 e. The van der Waals surface area contributed by atoms with Crippen molar-refractivity contribution in [3.05, 3.63) is 214 Å². The fourth-order valence-electron chi connectivity index (χ4n) is 9.38. The lowest BCUT2D eigenvalue weighted by Crippen LogP contribution is -2.40. The summed E-state index contributed by atoms with van der Waals surface area (Å²) in [6.07, 6.45) is -4.81. The Kier molecular flexibility index (Phi) is 10.2. The van der Waals surface area contributed by atoms with Gasteiger partial charge in [-0.2, -0.15) is 23.1 Å². The first-order valence-corrected chi connectivity index (χ1v) is 23.1. The van der Waals surface area contributed by atoms with E-state index >= 15 is 13.2 Å². The largest absolute Gasteiger partial charge is 0.457 e. The molecule has 0 radical (unpaired) electrons. The number of ether oxygens (including phenoxy) is 1. The predicted octanol–water partition coefficient (Wildman–Crippen LogP) is 13.8. The van der Waals surface area contributed by atoms with Crippen molar-refractivity contribution in [2.24, 2.45) is 0 Å². The van der Waals surface area contributed by atoms with Crippen LogP contribution in [0.15, 0.2) is 179 Å². The molecule has 14 heteroatoms. The number of alkyl halides is 3. The Labute approximate surface area is 413 Å². The summed E-state index contributed by atoms with van der Waals surface area (Å²) in [4.78, 5) is 66.0. The molecule has 73 heavy (non-hydrogen) atoms. The van der Waals surface area contributed by atoms with Gasteiger partial charge in [-0.25, -0.2) is 9.88 Å². The lowest BCUT2D eigenvalue weighted by Gasteiger charge is -2.33. The first-order chi connectivity index (χ1) is 35.1. The maximum Gasteiger partial charge on any atom is 0.402 e. The summed E-state index contributed by atoms with van der Waals surface area (Å²) in [5.74, 6) is -1.15. The zero-order valence-electron chi connectivity index (χ0n) is 38.9. The molecule has 0 fully saturated rings. The number of halogens is 3. The molecule has 0 saturated carbocycles. The van der Waals surface area contributed by atoms with Crippen molar-refractivity contribution in [3.63, 3.8) is 0 Å². The highest BCUT2D eigenvalue weighted by molar-refractivity contribution is 6.35. The minimum absolute atomic E-state index is 0.0123. The van der Waals surface area contributed by atoms with Gasteiger partial charge in [0, 0.05) is 5.56 Å². The normalized spacial score (nSPS) is 14.3. The van der Waals surface area contributed by atoms with E-state index in [1.807, 2.05) is 86.6 Å². The van der Waals surface area contributed by atoms with Crippen LogP contribution in [0.5, 0.6) is 11.5 Å². The molecular formula is C59H37F3N4O7. The maximum absolute atomic E-state index is 15.4. The molecular weight excluding hydrogens is 934 g/mol. The van der Waals surface area contributed by atoms with Crippen LogP contribution in [0.2, 0.25) is 0 Å². The van der Waals surface area contributed by atoms with Crippen molar-refractivity contribution in [1.29, 1.82) is 0 Å². The van der Waals surface area contributed by atoms with Gasteiger partial charge in [-0.15, -0.1) is 0 Å². The summed E-state index contributed by atoms with van der Waals surface area (Å²) in [7, 11) is 0. The van der Waals surface area contributed by atoms with Gasteiger partial charge in [-0.05, 0) is 151 Å². The van der Waals surface area contributed by atoms with E-state index in [9.17, 15) is 19.2 Å². The van der Waals surface area contributed by atoms with E-state index in [4.69, 9.17) is 13.6 Å². The standard InChI is InChI=1S/C59H37F3N4O7/c1-32-4-8-34(9-5-32)35-10-12-36(13-11-35)52-63-48-30-39(16-26-50(48)72-52)58(3,59(60,61)62)40-17-27-51-49(31-40)64-57(73-51)66-54(68)45-25-15-38(29-47(45)56(66)70)37-14-24-44-46(28-37)55(69)65(53(44)67)41-18-22-43(23-19-41)71-42-20-6-33(2)7-21-42/h4-31H,1-3H3. The van der Waals surface area contributed by atoms with Gasteiger partial charge in [0.1, 0.15) is 27.9 Å². The Morgan fingerprint density at radius 3 is 1.45 bits per heavy atom. The van der Waals surface area contributed by atoms with Gasteiger partial charge < -0.3 is 13.6 Å². The van der Waals surface area contributed by atoms with E-state index in [0.29, 0.717) is 39.5 Å². The molecule has 8 aromatic carbocycles. The molecule has 2 aromatic heterocycles. The van der Waals surface area contributed by atoms with E-state index in [2.05, 4.69) is 9.97 Å². The Balaban J connectivity index is 0.788. The fraction of sp³-hybridized carbons (Fsp3) is 0.0847. The number of oxazole rings is 2. The van der Waals surface area contributed by atoms with Crippen LogP contribution in [0.1, 0.15) is 70.6 Å². The molecule has 12 rings (SSSR count). The predicted molar refractivity (Wildman–Crippen MR) is 268 cm³/mol. The molecule has 4 heterocycles.